The van der Waals surface area contributed by atoms with Gasteiger partial charge in [-0.25, -0.2) is 14.1 Å². The number of rotatable bonds is 23. The summed E-state index contributed by atoms with van der Waals surface area (Å²) >= 11 is 0. The van der Waals surface area contributed by atoms with Gasteiger partial charge in [0.25, 0.3) is 22.6 Å². The van der Waals surface area contributed by atoms with E-state index in [-0.39, 0.29) is 54.9 Å². The summed E-state index contributed by atoms with van der Waals surface area (Å²) in [6, 6.07) is 1.21. The Labute approximate surface area is 384 Å². The van der Waals surface area contributed by atoms with Crippen LogP contribution in [-0.2, 0) is 37.1 Å². The smallest absolute Gasteiger partial charge is 0.330 e. The topological polar surface area (TPSA) is 146 Å². The summed E-state index contributed by atoms with van der Waals surface area (Å²) in [6.45, 7) is 39.0. The fourth-order valence-corrected chi connectivity index (χ4v) is 10.8. The highest BCUT2D eigenvalue weighted by Gasteiger charge is 2.42. The second-order valence-electron chi connectivity index (χ2n) is 19.4. The maximum atomic E-state index is 12.5. The highest BCUT2D eigenvalue weighted by molar-refractivity contribution is 7.44. The minimum atomic E-state index is -1.34. The van der Waals surface area contributed by atoms with Crippen molar-refractivity contribution in [3.05, 3.63) is 32.6 Å². The van der Waals surface area contributed by atoms with Gasteiger partial charge in [0, 0.05) is 68.5 Å². The van der Waals surface area contributed by atoms with Crippen molar-refractivity contribution in [3.63, 3.8) is 0 Å². The van der Waals surface area contributed by atoms with Crippen LogP contribution in [0.25, 0.3) is 0 Å². The SMILES string of the molecule is C.CCCOP(OC1CCN(C(=O)CCCOC(C)(C)C)CC1)N(C(C)C)C(C)C.CCCOP(O[C@@H]1C[C@H](n2cc(C)c(=O)[nH]c2=O)O[C@@H]1COC(C)(C)C)N(C(C)C)C(C)C. The van der Waals surface area contributed by atoms with Gasteiger partial charge in [-0.1, -0.05) is 21.3 Å². The number of nitrogens with zero attached hydrogens (tertiary/aromatic N) is 4. The number of aromatic nitrogens is 2. The molecule has 3 heterocycles. The molecule has 2 aliphatic heterocycles. The molecule has 2 saturated heterocycles. The van der Waals surface area contributed by atoms with Gasteiger partial charge in [-0.2, -0.15) is 0 Å². The first-order valence-electron chi connectivity index (χ1n) is 23.2. The van der Waals surface area contributed by atoms with Crippen LogP contribution < -0.4 is 11.2 Å². The van der Waals surface area contributed by atoms with E-state index >= 15 is 0 Å². The van der Waals surface area contributed by atoms with Crippen molar-refractivity contribution in [2.45, 2.75) is 230 Å². The van der Waals surface area contributed by atoms with Gasteiger partial charge in [0.15, 0.2) is 0 Å². The Bertz CT molecular complexity index is 1520. The molecule has 0 aromatic carbocycles. The largest absolute Gasteiger partial charge is 0.376 e. The molecule has 2 fully saturated rings. The van der Waals surface area contributed by atoms with Crippen molar-refractivity contribution in [2.75, 3.05) is 39.5 Å². The van der Waals surface area contributed by atoms with E-state index in [1.807, 2.05) is 46.4 Å². The molecule has 0 aliphatic carbocycles. The standard InChI is InChI=1S/C23H42N3O6P.C22H45N2O4P.CH4/c1-10-11-30-33(26(15(2)3)16(4)5)32-18-12-20(31-19(18)14-29-23(7,8)9)25-13-17(6)21(27)24-22(25)28;1-9-16-27-29(24(18(2)3)19(4)5)28-20-12-14-23(15-13-20)21(25)11-10-17-26-22(6,7)8;/h13,15-16,18-20H,10-12,14H2,1-9H3,(H,24,27,28);18-20H,9-17H2,1-8H3;1H4/t18-,19-,20-,33?;;/m1../s1. The van der Waals surface area contributed by atoms with Gasteiger partial charge in [-0.15, -0.1) is 0 Å². The molecular formula is C46H91N5O10P2. The molecule has 1 aromatic rings. The van der Waals surface area contributed by atoms with Crippen LogP contribution >= 0.6 is 17.1 Å². The fraction of sp³-hybridized carbons (Fsp3) is 0.891. The average Bonchev–Trinajstić information content (AvgIpc) is 3.56. The van der Waals surface area contributed by atoms with E-state index in [1.165, 1.54) is 4.57 Å². The number of ether oxygens (including phenoxy) is 3. The average molecular weight is 936 g/mol. The molecule has 370 valence electrons. The lowest BCUT2D eigenvalue weighted by molar-refractivity contribution is -0.133. The van der Waals surface area contributed by atoms with Gasteiger partial charge < -0.3 is 37.2 Å². The lowest BCUT2D eigenvalue weighted by Crippen LogP contribution is -2.41. The molecule has 0 saturated carbocycles. The van der Waals surface area contributed by atoms with Gasteiger partial charge in [0.2, 0.25) is 5.91 Å². The van der Waals surface area contributed by atoms with Gasteiger partial charge in [0.1, 0.15) is 12.3 Å². The van der Waals surface area contributed by atoms with E-state index in [2.05, 4.69) is 83.6 Å². The van der Waals surface area contributed by atoms with Crippen molar-refractivity contribution in [1.29, 1.82) is 0 Å². The first-order chi connectivity index (χ1) is 28.9. The monoisotopic (exact) mass is 936 g/mol. The molecule has 2 unspecified atom stereocenters. The zero-order chi connectivity index (χ0) is 46.9. The zero-order valence-electron chi connectivity index (χ0n) is 41.7. The van der Waals surface area contributed by atoms with Crippen LogP contribution in [0.4, 0.5) is 0 Å². The highest BCUT2D eigenvalue weighted by Crippen LogP contribution is 2.50. The molecule has 5 atom stereocenters. The Balaban J connectivity index is 0.000000626. The second kappa shape index (κ2) is 28.7. The third-order valence-corrected chi connectivity index (χ3v) is 14.3. The van der Waals surface area contributed by atoms with Crippen LogP contribution in [0.3, 0.4) is 0 Å². The first kappa shape index (κ1) is 59.7. The number of likely N-dealkylation sites (tertiary alicyclic amines) is 1. The number of hydrogen-bond donors (Lipinski definition) is 1. The Morgan fingerprint density at radius 3 is 1.76 bits per heavy atom. The number of H-pyrrole nitrogens is 1. The maximum absolute atomic E-state index is 12.5. The summed E-state index contributed by atoms with van der Waals surface area (Å²) in [5.74, 6) is 0.233. The van der Waals surface area contributed by atoms with E-state index in [1.54, 1.807) is 13.1 Å². The van der Waals surface area contributed by atoms with Crippen LogP contribution in [0.2, 0.25) is 0 Å². The quantitative estimate of drug-likeness (QED) is 0.0823. The van der Waals surface area contributed by atoms with E-state index < -0.39 is 34.5 Å². The number of hydrogen-bond acceptors (Lipinski definition) is 12. The minimum absolute atomic E-state index is 0. The molecule has 17 heteroatoms. The molecule has 2 aliphatic rings. The predicted molar refractivity (Wildman–Crippen MR) is 258 cm³/mol. The second-order valence-corrected chi connectivity index (χ2v) is 22.3. The zero-order valence-corrected chi connectivity index (χ0v) is 43.4. The van der Waals surface area contributed by atoms with Gasteiger partial charge in [-0.3, -0.25) is 19.1 Å². The molecule has 1 N–H and O–H groups in total. The lowest BCUT2D eigenvalue weighted by Gasteiger charge is -2.39. The molecule has 3 rings (SSSR count). The fourth-order valence-electron chi connectivity index (χ4n) is 7.07. The third kappa shape index (κ3) is 21.4. The van der Waals surface area contributed by atoms with Crippen molar-refractivity contribution in [1.82, 2.24) is 23.8 Å². The summed E-state index contributed by atoms with van der Waals surface area (Å²) in [7, 11) is -2.41. The number of piperidine rings is 1. The molecule has 15 nitrogen and oxygen atoms in total. The van der Waals surface area contributed by atoms with Gasteiger partial charge >= 0.3 is 5.69 Å². The first-order valence-corrected chi connectivity index (χ1v) is 25.4. The molecule has 0 radical (unpaired) electrons. The summed E-state index contributed by atoms with van der Waals surface area (Å²) in [6.07, 6.45) is 5.82. The Kier molecular flexibility index (Phi) is 27.2. The number of nitrogens with one attached hydrogen (secondary N) is 1. The number of aryl methyl sites for hydroxylation is 1. The summed E-state index contributed by atoms with van der Waals surface area (Å²) < 4.78 is 49.4. The summed E-state index contributed by atoms with van der Waals surface area (Å²) in [4.78, 5) is 41.1. The van der Waals surface area contributed by atoms with Crippen LogP contribution in [0.15, 0.2) is 15.8 Å². The van der Waals surface area contributed by atoms with E-state index in [9.17, 15) is 14.4 Å². The van der Waals surface area contributed by atoms with Crippen LogP contribution in [0.5, 0.6) is 0 Å². The Hall–Kier alpha value is -1.35. The van der Waals surface area contributed by atoms with E-state index in [4.69, 9.17) is 32.3 Å². The molecule has 0 bridgehead atoms. The Morgan fingerprint density at radius 2 is 1.30 bits per heavy atom. The van der Waals surface area contributed by atoms with Gasteiger partial charge in [0.05, 0.1) is 43.2 Å². The van der Waals surface area contributed by atoms with Gasteiger partial charge in [-0.05, 0) is 136 Å². The van der Waals surface area contributed by atoms with E-state index in [0.717, 1.165) is 51.8 Å². The van der Waals surface area contributed by atoms with E-state index in [0.29, 0.717) is 50.3 Å². The van der Waals surface area contributed by atoms with Crippen LogP contribution in [0.1, 0.15) is 175 Å². The lowest BCUT2D eigenvalue weighted by atomic mass is 10.1. The number of carbonyl (C=O) groups is 1. The van der Waals surface area contributed by atoms with Crippen molar-refractivity contribution < 1.29 is 37.1 Å². The molecule has 1 aromatic heterocycles. The molecular weight excluding hydrogens is 844 g/mol. The number of amides is 1. The molecule has 63 heavy (non-hydrogen) atoms. The maximum Gasteiger partial charge on any atom is 0.330 e. The van der Waals surface area contributed by atoms with Crippen molar-refractivity contribution >= 4 is 23.0 Å². The number of carbonyl (C=O) groups excluding carboxylic acids is 1. The highest BCUT2D eigenvalue weighted by atomic mass is 31.2. The summed E-state index contributed by atoms with van der Waals surface area (Å²) in [5.41, 5.74) is -0.929. The predicted octanol–water partition coefficient (Wildman–Crippen LogP) is 10.1. The number of aromatic amines is 1. The van der Waals surface area contributed by atoms with Crippen LogP contribution in [0, 0.1) is 6.92 Å². The Morgan fingerprint density at radius 1 is 0.810 bits per heavy atom. The van der Waals surface area contributed by atoms with Crippen LogP contribution in [-0.4, -0.2) is 123 Å². The normalized spacial score (nSPS) is 19.9. The summed E-state index contributed by atoms with van der Waals surface area (Å²) in [5, 5.41) is 0. The van der Waals surface area contributed by atoms with Crippen molar-refractivity contribution in [2.24, 2.45) is 0 Å². The minimum Gasteiger partial charge on any atom is -0.376 e. The molecule has 1 amide bonds. The van der Waals surface area contributed by atoms with Crippen molar-refractivity contribution in [3.8, 4) is 0 Å². The third-order valence-electron chi connectivity index (χ3n) is 9.95. The molecule has 0 spiro atoms.